The van der Waals surface area contributed by atoms with Gasteiger partial charge in [0.1, 0.15) is 5.75 Å². The number of amides is 2. The number of halogens is 3. The monoisotopic (exact) mass is 490 g/mol. The molecule has 7 nitrogen and oxygen atoms in total. The number of aromatic nitrogens is 1. The molecule has 1 aliphatic carbocycles. The van der Waals surface area contributed by atoms with E-state index in [2.05, 4.69) is 15.6 Å². The van der Waals surface area contributed by atoms with E-state index in [4.69, 9.17) is 4.74 Å². The first-order valence-electron chi connectivity index (χ1n) is 11.7. The van der Waals surface area contributed by atoms with E-state index in [1.54, 1.807) is 19.5 Å². The topological polar surface area (TPSA) is 83.6 Å². The predicted molar refractivity (Wildman–Crippen MR) is 123 cm³/mol. The van der Waals surface area contributed by atoms with Gasteiger partial charge >= 0.3 is 6.18 Å². The number of carbonyl (C=O) groups is 2. The lowest BCUT2D eigenvalue weighted by molar-refractivity contribution is -0.138. The molecule has 1 aromatic heterocycles. The third kappa shape index (κ3) is 5.75. The van der Waals surface area contributed by atoms with E-state index in [1.807, 2.05) is 11.0 Å². The third-order valence-electron chi connectivity index (χ3n) is 6.86. The van der Waals surface area contributed by atoms with Crippen LogP contribution in [0.15, 0.2) is 42.7 Å². The predicted octanol–water partition coefficient (Wildman–Crippen LogP) is 3.37. The summed E-state index contributed by atoms with van der Waals surface area (Å²) in [5.41, 5.74) is 0.0926. The average molecular weight is 491 g/mol. The van der Waals surface area contributed by atoms with Crippen LogP contribution in [0, 0.1) is 0 Å². The molecule has 10 heteroatoms. The van der Waals surface area contributed by atoms with Crippen LogP contribution in [0.1, 0.15) is 53.1 Å². The third-order valence-corrected chi connectivity index (χ3v) is 6.86. The maximum Gasteiger partial charge on any atom is 0.416 e. The van der Waals surface area contributed by atoms with Gasteiger partial charge in [-0.05, 0) is 55.9 Å². The SMILES string of the molecule is COc1cnccc1C1CCC(N(C(=O)CNC(=O)c2cccc(C(F)(F)F)c2)C2CNC2)CC1. The highest BCUT2D eigenvalue weighted by Gasteiger charge is 2.37. The van der Waals surface area contributed by atoms with E-state index in [-0.39, 0.29) is 30.1 Å². The summed E-state index contributed by atoms with van der Waals surface area (Å²) >= 11 is 0. The van der Waals surface area contributed by atoms with Crippen LogP contribution in [0.3, 0.4) is 0 Å². The Morgan fingerprint density at radius 3 is 2.51 bits per heavy atom. The van der Waals surface area contributed by atoms with Gasteiger partial charge in [-0.1, -0.05) is 6.07 Å². The molecule has 1 aromatic carbocycles. The van der Waals surface area contributed by atoms with Crippen LogP contribution in [-0.2, 0) is 11.0 Å². The summed E-state index contributed by atoms with van der Waals surface area (Å²) < 4.78 is 44.3. The molecule has 2 heterocycles. The molecule has 2 amide bonds. The number of nitrogens with zero attached hydrogens (tertiary/aromatic N) is 2. The number of benzene rings is 1. The summed E-state index contributed by atoms with van der Waals surface area (Å²) in [5.74, 6) is 0.164. The van der Waals surface area contributed by atoms with Gasteiger partial charge in [0.2, 0.25) is 5.91 Å². The smallest absolute Gasteiger partial charge is 0.416 e. The Labute approximate surface area is 202 Å². The van der Waals surface area contributed by atoms with Crippen molar-refractivity contribution in [1.82, 2.24) is 20.5 Å². The standard InChI is InChI=1S/C25H29F3N4O3/c1-35-22-14-29-10-9-21(22)16-5-7-19(8-6-16)32(20-12-30-13-20)23(33)15-31-24(34)17-3-2-4-18(11-17)25(26,27)28/h2-4,9-11,14,16,19-20,30H,5-8,12-13,15H2,1H3,(H,31,34). The quantitative estimate of drug-likeness (QED) is 0.622. The summed E-state index contributed by atoms with van der Waals surface area (Å²) in [5, 5.41) is 5.69. The Morgan fingerprint density at radius 2 is 1.89 bits per heavy atom. The molecular formula is C25H29F3N4O3. The van der Waals surface area contributed by atoms with Gasteiger partial charge in [0.25, 0.3) is 5.91 Å². The second-order valence-corrected chi connectivity index (χ2v) is 9.00. The number of rotatable bonds is 7. The molecule has 1 aliphatic heterocycles. The molecule has 2 N–H and O–H groups in total. The Bertz CT molecular complexity index is 1050. The lowest BCUT2D eigenvalue weighted by Crippen LogP contribution is -2.63. The summed E-state index contributed by atoms with van der Waals surface area (Å²) in [6, 6.07) is 6.26. The second-order valence-electron chi connectivity index (χ2n) is 9.00. The first-order valence-corrected chi connectivity index (χ1v) is 11.7. The highest BCUT2D eigenvalue weighted by atomic mass is 19.4. The zero-order chi connectivity index (χ0) is 25.0. The minimum absolute atomic E-state index is 0.0455. The van der Waals surface area contributed by atoms with E-state index in [0.717, 1.165) is 49.1 Å². The van der Waals surface area contributed by atoms with Gasteiger partial charge in [0.05, 0.1) is 31.5 Å². The molecule has 1 saturated carbocycles. The van der Waals surface area contributed by atoms with Gasteiger partial charge in [-0.3, -0.25) is 14.6 Å². The van der Waals surface area contributed by atoms with Crippen molar-refractivity contribution in [2.24, 2.45) is 0 Å². The molecule has 0 spiro atoms. The highest BCUT2D eigenvalue weighted by molar-refractivity contribution is 5.96. The van der Waals surface area contributed by atoms with Crippen molar-refractivity contribution in [3.8, 4) is 5.75 Å². The number of hydrogen-bond acceptors (Lipinski definition) is 5. The second kappa shape index (κ2) is 10.6. The Kier molecular flexibility index (Phi) is 7.59. The van der Waals surface area contributed by atoms with Gasteiger partial charge < -0.3 is 20.3 Å². The van der Waals surface area contributed by atoms with Crippen molar-refractivity contribution in [2.75, 3.05) is 26.7 Å². The number of alkyl halides is 3. The van der Waals surface area contributed by atoms with E-state index in [1.165, 1.54) is 12.1 Å². The van der Waals surface area contributed by atoms with Crippen molar-refractivity contribution in [2.45, 2.75) is 49.9 Å². The first kappa shape index (κ1) is 25.0. The van der Waals surface area contributed by atoms with Gasteiger partial charge in [-0.2, -0.15) is 13.2 Å². The number of methoxy groups -OCH3 is 1. The maximum absolute atomic E-state index is 13.2. The van der Waals surface area contributed by atoms with E-state index in [0.29, 0.717) is 19.0 Å². The van der Waals surface area contributed by atoms with E-state index < -0.39 is 17.6 Å². The van der Waals surface area contributed by atoms with Crippen molar-refractivity contribution < 1.29 is 27.5 Å². The molecule has 35 heavy (non-hydrogen) atoms. The largest absolute Gasteiger partial charge is 0.495 e. The molecule has 1 saturated heterocycles. The summed E-state index contributed by atoms with van der Waals surface area (Å²) in [6.45, 7) is 1.11. The zero-order valence-electron chi connectivity index (χ0n) is 19.5. The molecule has 0 unspecified atom stereocenters. The number of carbonyl (C=O) groups excluding carboxylic acids is 2. The van der Waals surface area contributed by atoms with Gasteiger partial charge in [-0.25, -0.2) is 0 Å². The molecule has 2 aromatic rings. The van der Waals surface area contributed by atoms with Gasteiger partial charge in [-0.15, -0.1) is 0 Å². The maximum atomic E-state index is 13.2. The van der Waals surface area contributed by atoms with E-state index in [9.17, 15) is 22.8 Å². The molecule has 4 rings (SSSR count). The normalized spacial score (nSPS) is 20.6. The lowest BCUT2D eigenvalue weighted by Gasteiger charge is -2.45. The van der Waals surface area contributed by atoms with Crippen molar-refractivity contribution >= 4 is 11.8 Å². The molecule has 188 valence electrons. The van der Waals surface area contributed by atoms with Gasteiger partial charge in [0.15, 0.2) is 0 Å². The average Bonchev–Trinajstić information content (AvgIpc) is 2.84. The minimum Gasteiger partial charge on any atom is -0.495 e. The summed E-state index contributed by atoms with van der Waals surface area (Å²) in [4.78, 5) is 31.6. The fourth-order valence-electron chi connectivity index (χ4n) is 4.93. The Balaban J connectivity index is 1.38. The van der Waals surface area contributed by atoms with Crippen LogP contribution >= 0.6 is 0 Å². The molecule has 0 atom stereocenters. The summed E-state index contributed by atoms with van der Waals surface area (Å²) in [7, 11) is 1.63. The Morgan fingerprint density at radius 1 is 1.14 bits per heavy atom. The number of nitrogens with one attached hydrogen (secondary N) is 2. The van der Waals surface area contributed by atoms with Crippen LogP contribution in [-0.4, -0.2) is 60.5 Å². The van der Waals surface area contributed by atoms with Gasteiger partial charge in [0, 0.05) is 36.5 Å². The van der Waals surface area contributed by atoms with Crippen molar-refractivity contribution in [1.29, 1.82) is 0 Å². The minimum atomic E-state index is -4.54. The first-order chi connectivity index (χ1) is 16.8. The molecule has 2 fully saturated rings. The zero-order valence-corrected chi connectivity index (χ0v) is 19.5. The lowest BCUT2D eigenvalue weighted by atomic mass is 9.80. The van der Waals surface area contributed by atoms with Crippen LogP contribution in [0.25, 0.3) is 0 Å². The molecule has 0 radical (unpaired) electrons. The van der Waals surface area contributed by atoms with Crippen LogP contribution in [0.5, 0.6) is 5.75 Å². The Hall–Kier alpha value is -3.14. The molecular weight excluding hydrogens is 461 g/mol. The number of pyridine rings is 1. The van der Waals surface area contributed by atoms with E-state index >= 15 is 0 Å². The number of ether oxygens (including phenoxy) is 1. The fourth-order valence-corrected chi connectivity index (χ4v) is 4.93. The molecule has 2 aliphatic rings. The van der Waals surface area contributed by atoms with Crippen LogP contribution in [0.4, 0.5) is 13.2 Å². The van der Waals surface area contributed by atoms with Crippen LogP contribution in [0.2, 0.25) is 0 Å². The van der Waals surface area contributed by atoms with Crippen molar-refractivity contribution in [3.05, 3.63) is 59.4 Å². The number of hydrogen-bond donors (Lipinski definition) is 2. The fraction of sp³-hybridized carbons (Fsp3) is 0.480. The molecule has 0 bridgehead atoms. The highest BCUT2D eigenvalue weighted by Crippen LogP contribution is 2.39. The van der Waals surface area contributed by atoms with Crippen LogP contribution < -0.4 is 15.4 Å². The summed E-state index contributed by atoms with van der Waals surface area (Å²) in [6.07, 6.45) is 2.35. The van der Waals surface area contributed by atoms with Crippen molar-refractivity contribution in [3.63, 3.8) is 0 Å².